The van der Waals surface area contributed by atoms with Crippen molar-refractivity contribution >= 4 is 17.4 Å². The Kier molecular flexibility index (Phi) is 10.3. The van der Waals surface area contributed by atoms with Gasteiger partial charge in [0.2, 0.25) is 5.91 Å². The second-order valence-corrected chi connectivity index (χ2v) is 12.1. The van der Waals surface area contributed by atoms with Gasteiger partial charge in [-0.3, -0.25) is 9.69 Å². The molecule has 0 spiro atoms. The molecule has 2 aliphatic heterocycles. The molecule has 2 aromatic rings. The Labute approximate surface area is 242 Å². The second-order valence-electron chi connectivity index (χ2n) is 12.1. The van der Waals surface area contributed by atoms with Crippen LogP contribution in [0.2, 0.25) is 0 Å². The highest BCUT2D eigenvalue weighted by atomic mass is 16.5. The van der Waals surface area contributed by atoms with Crippen molar-refractivity contribution < 1.29 is 9.53 Å². The number of allylic oxidation sites excluding steroid dienone is 1. The van der Waals surface area contributed by atoms with Crippen molar-refractivity contribution in [2.24, 2.45) is 10.7 Å². The number of hydrogen-bond acceptors (Lipinski definition) is 4. The van der Waals surface area contributed by atoms with Gasteiger partial charge in [-0.1, -0.05) is 76.6 Å². The van der Waals surface area contributed by atoms with Crippen molar-refractivity contribution in [2.45, 2.75) is 123 Å². The number of carbonyl (C=O) groups excluding carboxylic acids is 1. The maximum absolute atomic E-state index is 12.7. The normalized spacial score (nSPS) is 24.2. The predicted octanol–water partition coefficient (Wildman–Crippen LogP) is 8.58. The second kappa shape index (κ2) is 13.1. The van der Waals surface area contributed by atoms with Crippen molar-refractivity contribution in [3.63, 3.8) is 0 Å². The highest BCUT2D eigenvalue weighted by Crippen LogP contribution is 2.43. The molecular formula is C35H51N3O2. The molecule has 2 N–H and O–H groups in total. The van der Waals surface area contributed by atoms with E-state index in [-0.39, 0.29) is 23.1 Å². The smallest absolute Gasteiger partial charge is 0.232 e. The molecule has 2 aromatic carbocycles. The van der Waals surface area contributed by atoms with Gasteiger partial charge in [0.25, 0.3) is 0 Å². The molecule has 40 heavy (non-hydrogen) atoms. The zero-order chi connectivity index (χ0) is 29.7. The Morgan fingerprint density at radius 2 is 1.82 bits per heavy atom. The summed E-state index contributed by atoms with van der Waals surface area (Å²) in [5.41, 5.74) is 11.9. The van der Waals surface area contributed by atoms with E-state index in [0.717, 1.165) is 42.6 Å². The summed E-state index contributed by atoms with van der Waals surface area (Å²) >= 11 is 0. The Morgan fingerprint density at radius 1 is 1.12 bits per heavy atom. The van der Waals surface area contributed by atoms with Crippen LogP contribution in [-0.4, -0.2) is 27.9 Å². The van der Waals surface area contributed by atoms with E-state index in [4.69, 9.17) is 10.5 Å². The molecule has 5 heteroatoms. The molecule has 3 atom stereocenters. The van der Waals surface area contributed by atoms with E-state index in [9.17, 15) is 4.79 Å². The zero-order valence-electron chi connectivity index (χ0n) is 26.1. The average molecular weight is 546 g/mol. The first-order chi connectivity index (χ1) is 19.0. The Hall–Kier alpha value is -3.08. The highest BCUT2D eigenvalue weighted by Gasteiger charge is 2.40. The Bertz CT molecular complexity index is 1230. The molecular weight excluding hydrogens is 494 g/mol. The van der Waals surface area contributed by atoms with Crippen molar-refractivity contribution in [3.8, 4) is 5.75 Å². The molecule has 2 heterocycles. The van der Waals surface area contributed by atoms with Crippen LogP contribution < -0.4 is 10.5 Å². The first kappa shape index (κ1) is 31.4. The SMILES string of the molecule is C=C(C)c1ccc2c(c1)C(N1C(=O)CC(C)(CC)N=C1N)CC2.CC.CCCC1CC(C)(C)Oc2ccccc21. The third kappa shape index (κ3) is 6.97. The molecule has 3 aliphatic rings. The van der Waals surface area contributed by atoms with E-state index in [1.165, 1.54) is 29.5 Å². The number of ether oxygens (including phenoxy) is 1. The summed E-state index contributed by atoms with van der Waals surface area (Å²) in [4.78, 5) is 19.1. The number of benzene rings is 2. The predicted molar refractivity (Wildman–Crippen MR) is 169 cm³/mol. The molecule has 218 valence electrons. The topological polar surface area (TPSA) is 67.9 Å². The van der Waals surface area contributed by atoms with E-state index in [1.54, 1.807) is 4.90 Å². The monoisotopic (exact) mass is 545 g/mol. The van der Waals surface area contributed by atoms with E-state index in [1.807, 2.05) is 34.6 Å². The van der Waals surface area contributed by atoms with Gasteiger partial charge in [-0.25, -0.2) is 4.99 Å². The summed E-state index contributed by atoms with van der Waals surface area (Å²) < 4.78 is 6.00. The minimum absolute atomic E-state index is 0.00181. The van der Waals surface area contributed by atoms with E-state index < -0.39 is 0 Å². The third-order valence-corrected chi connectivity index (χ3v) is 8.31. The highest BCUT2D eigenvalue weighted by molar-refractivity contribution is 5.99. The van der Waals surface area contributed by atoms with Gasteiger partial charge in [-0.15, -0.1) is 0 Å². The molecule has 0 fully saturated rings. The molecule has 5 rings (SSSR count). The number of hydrogen-bond donors (Lipinski definition) is 1. The summed E-state index contributed by atoms with van der Waals surface area (Å²) in [6.45, 7) is 20.7. The Balaban J connectivity index is 0.000000224. The number of nitrogens with two attached hydrogens (primary N) is 1. The van der Waals surface area contributed by atoms with Crippen LogP contribution in [-0.2, 0) is 11.2 Å². The molecule has 0 saturated carbocycles. The number of rotatable bonds is 5. The minimum atomic E-state index is -0.362. The van der Waals surface area contributed by atoms with Crippen LogP contribution in [0.4, 0.5) is 0 Å². The molecule has 0 saturated heterocycles. The van der Waals surface area contributed by atoms with Crippen LogP contribution in [0, 0.1) is 0 Å². The molecule has 1 amide bonds. The number of carbonyl (C=O) groups is 1. The zero-order valence-corrected chi connectivity index (χ0v) is 26.1. The van der Waals surface area contributed by atoms with Gasteiger partial charge in [0.15, 0.2) is 5.96 Å². The summed E-state index contributed by atoms with van der Waals surface area (Å²) in [6, 6.07) is 14.9. The fourth-order valence-corrected chi connectivity index (χ4v) is 6.12. The maximum Gasteiger partial charge on any atom is 0.232 e. The lowest BCUT2D eigenvalue weighted by Gasteiger charge is -2.37. The van der Waals surface area contributed by atoms with Gasteiger partial charge in [0.05, 0.1) is 18.0 Å². The van der Waals surface area contributed by atoms with Gasteiger partial charge in [0, 0.05) is 0 Å². The van der Waals surface area contributed by atoms with Gasteiger partial charge in [0.1, 0.15) is 11.4 Å². The lowest BCUT2D eigenvalue weighted by Crippen LogP contribution is -2.51. The largest absolute Gasteiger partial charge is 0.488 e. The molecule has 3 unspecified atom stereocenters. The number of guanidine groups is 1. The number of para-hydroxylation sites is 1. The number of aryl methyl sites for hydroxylation is 1. The van der Waals surface area contributed by atoms with Crippen LogP contribution >= 0.6 is 0 Å². The van der Waals surface area contributed by atoms with Crippen LogP contribution in [0.25, 0.3) is 5.57 Å². The molecule has 0 aromatic heterocycles. The fourth-order valence-electron chi connectivity index (χ4n) is 6.12. The van der Waals surface area contributed by atoms with Crippen molar-refractivity contribution in [1.82, 2.24) is 4.90 Å². The van der Waals surface area contributed by atoms with Gasteiger partial charge in [-0.05, 0) is 100 Å². The van der Waals surface area contributed by atoms with Gasteiger partial charge < -0.3 is 10.5 Å². The van der Waals surface area contributed by atoms with Crippen molar-refractivity contribution in [2.75, 3.05) is 0 Å². The maximum atomic E-state index is 12.7. The third-order valence-electron chi connectivity index (χ3n) is 8.31. The molecule has 1 aliphatic carbocycles. The standard InChI is InChI=1S/C19H25N3O.C14H20O.C2H6/c1-5-19(4)11-17(23)22(18(20)21-19)16-9-8-13-6-7-14(12(2)3)10-15(13)16;1-4-7-11-10-14(2,3)15-13-9-6-5-8-12(11)13;1-2/h6-7,10,16H,2,5,8-9,11H2,1,3-4H3,(H2,20,21);5-6,8-9,11H,4,7,10H2,1-3H3;1-2H3. The van der Waals surface area contributed by atoms with Crippen LogP contribution in [0.3, 0.4) is 0 Å². The van der Waals surface area contributed by atoms with Crippen LogP contribution in [0.15, 0.2) is 54.0 Å². The van der Waals surface area contributed by atoms with E-state index in [0.29, 0.717) is 18.3 Å². The lowest BCUT2D eigenvalue weighted by molar-refractivity contribution is -0.131. The first-order valence-electron chi connectivity index (χ1n) is 15.2. The van der Waals surface area contributed by atoms with E-state index in [2.05, 4.69) is 74.8 Å². The van der Waals surface area contributed by atoms with Crippen LogP contribution in [0.5, 0.6) is 5.75 Å². The molecule has 0 radical (unpaired) electrons. The van der Waals surface area contributed by atoms with Gasteiger partial charge in [-0.2, -0.15) is 0 Å². The quantitative estimate of drug-likeness (QED) is 0.409. The molecule has 5 nitrogen and oxygen atoms in total. The summed E-state index contributed by atoms with van der Waals surface area (Å²) in [5, 5.41) is 0. The summed E-state index contributed by atoms with van der Waals surface area (Å²) in [5.74, 6) is 2.21. The fraction of sp³-hybridized carbons (Fsp3) is 0.543. The van der Waals surface area contributed by atoms with Crippen molar-refractivity contribution in [1.29, 1.82) is 0 Å². The summed E-state index contributed by atoms with van der Waals surface area (Å²) in [7, 11) is 0. The summed E-state index contributed by atoms with van der Waals surface area (Å²) in [6.07, 6.45) is 6.76. The first-order valence-corrected chi connectivity index (χ1v) is 15.2. The number of aliphatic imine (C=N–C) groups is 1. The number of amides is 1. The van der Waals surface area contributed by atoms with E-state index >= 15 is 0 Å². The minimum Gasteiger partial charge on any atom is -0.488 e. The van der Waals surface area contributed by atoms with Crippen molar-refractivity contribution in [3.05, 3.63) is 71.3 Å². The van der Waals surface area contributed by atoms with Crippen LogP contribution in [0.1, 0.15) is 128 Å². The number of fused-ring (bicyclic) bond motifs is 2. The lowest BCUT2D eigenvalue weighted by atomic mass is 9.82. The number of nitrogens with zero attached hydrogens (tertiary/aromatic N) is 2. The Morgan fingerprint density at radius 3 is 2.45 bits per heavy atom. The van der Waals surface area contributed by atoms with Gasteiger partial charge >= 0.3 is 0 Å². The average Bonchev–Trinajstić information content (AvgIpc) is 3.32. The molecule has 0 bridgehead atoms.